The van der Waals surface area contributed by atoms with Gasteiger partial charge in [0.25, 0.3) is 0 Å². The Balaban J connectivity index is 2.50. The summed E-state index contributed by atoms with van der Waals surface area (Å²) in [6, 6.07) is 2.92. The van der Waals surface area contributed by atoms with Crippen LogP contribution in [0.1, 0.15) is 12.0 Å². The number of hydrogen-bond acceptors (Lipinski definition) is 3. The van der Waals surface area contributed by atoms with Crippen molar-refractivity contribution in [2.75, 3.05) is 12.0 Å². The normalized spacial score (nSPS) is 11.8. The number of hydrogen-bond donors (Lipinski definition) is 3. The fraction of sp³-hybridized carbons (Fsp3) is 0.385. The number of urea groups is 1. The molecule has 0 radical (unpaired) electrons. The number of nitrogens with one attached hydrogen (secondary N) is 2. The van der Waals surface area contributed by atoms with Gasteiger partial charge in [0.2, 0.25) is 0 Å². The van der Waals surface area contributed by atoms with Crippen molar-refractivity contribution in [2.24, 2.45) is 0 Å². The van der Waals surface area contributed by atoms with Crippen LogP contribution in [0.2, 0.25) is 0 Å². The molecule has 8 heteroatoms. The maximum Gasteiger partial charge on any atom is 0.326 e. The van der Waals surface area contributed by atoms with Gasteiger partial charge in [-0.25, -0.2) is 14.0 Å². The summed E-state index contributed by atoms with van der Waals surface area (Å²) < 4.78 is 14.2. The van der Waals surface area contributed by atoms with Crippen molar-refractivity contribution in [3.8, 4) is 0 Å². The Morgan fingerprint density at radius 3 is 2.76 bits per heavy atom. The fourth-order valence-electron chi connectivity index (χ4n) is 1.54. The van der Waals surface area contributed by atoms with Gasteiger partial charge in [0.05, 0.1) is 0 Å². The largest absolute Gasteiger partial charge is 0.480 e. The number of thioether (sulfide) groups is 1. The van der Waals surface area contributed by atoms with E-state index in [1.165, 1.54) is 17.8 Å². The maximum atomic E-state index is 13.6. The molecule has 0 aliphatic heterocycles. The van der Waals surface area contributed by atoms with Gasteiger partial charge in [0.1, 0.15) is 11.9 Å². The predicted octanol–water partition coefficient (Wildman–Crippen LogP) is 2.59. The van der Waals surface area contributed by atoms with Gasteiger partial charge < -0.3 is 15.7 Å². The van der Waals surface area contributed by atoms with Gasteiger partial charge >= 0.3 is 12.0 Å². The third-order valence-electron chi connectivity index (χ3n) is 2.67. The van der Waals surface area contributed by atoms with Crippen LogP contribution < -0.4 is 10.6 Å². The number of carboxylic acids is 1. The van der Waals surface area contributed by atoms with E-state index in [0.717, 1.165) is 0 Å². The summed E-state index contributed by atoms with van der Waals surface area (Å²) in [6.45, 7) is -0.0141. The van der Waals surface area contributed by atoms with Crippen LogP contribution in [0.3, 0.4) is 0 Å². The Kier molecular flexibility index (Phi) is 7.52. The Bertz CT molecular complexity index is 516. The van der Waals surface area contributed by atoms with Gasteiger partial charge in [-0.3, -0.25) is 0 Å². The highest BCUT2D eigenvalue weighted by Gasteiger charge is 2.19. The summed E-state index contributed by atoms with van der Waals surface area (Å²) in [5.74, 6) is -0.908. The smallest absolute Gasteiger partial charge is 0.326 e. The van der Waals surface area contributed by atoms with E-state index >= 15 is 0 Å². The minimum absolute atomic E-state index is 0.0141. The average molecular weight is 379 g/mol. The molecule has 21 heavy (non-hydrogen) atoms. The lowest BCUT2D eigenvalue weighted by Crippen LogP contribution is -2.46. The highest BCUT2D eigenvalue weighted by molar-refractivity contribution is 9.10. The fourth-order valence-corrected chi connectivity index (χ4v) is 2.35. The van der Waals surface area contributed by atoms with Crippen molar-refractivity contribution in [3.63, 3.8) is 0 Å². The molecule has 0 aliphatic rings. The van der Waals surface area contributed by atoms with E-state index in [1.54, 1.807) is 12.1 Å². The minimum Gasteiger partial charge on any atom is -0.480 e. The van der Waals surface area contributed by atoms with E-state index in [1.807, 2.05) is 6.26 Å². The number of amides is 2. The molecule has 116 valence electrons. The molecule has 0 saturated carbocycles. The predicted molar refractivity (Wildman–Crippen MR) is 83.9 cm³/mol. The first-order valence-electron chi connectivity index (χ1n) is 6.14. The Morgan fingerprint density at radius 2 is 2.19 bits per heavy atom. The number of carbonyl (C=O) groups excluding carboxylic acids is 1. The van der Waals surface area contributed by atoms with Gasteiger partial charge in [-0.2, -0.15) is 11.8 Å². The second-order valence-corrected chi connectivity index (χ2v) is 6.14. The molecule has 0 bridgehead atoms. The lowest BCUT2D eigenvalue weighted by atomic mass is 10.2. The summed E-state index contributed by atoms with van der Waals surface area (Å²) in [4.78, 5) is 22.6. The standard InChI is InChI=1S/C13H16BrFN2O3S/c1-21-5-4-11(12(18)19)17-13(20)16-7-8-2-3-9(14)6-10(8)15/h2-3,6,11H,4-5,7H2,1H3,(H,18,19)(H2,16,17,20). The van der Waals surface area contributed by atoms with Crippen molar-refractivity contribution in [3.05, 3.63) is 34.1 Å². The molecule has 1 aromatic rings. The molecule has 3 N–H and O–H groups in total. The Hall–Kier alpha value is -1.28. The maximum absolute atomic E-state index is 13.6. The molecule has 0 spiro atoms. The second-order valence-electron chi connectivity index (χ2n) is 4.24. The zero-order valence-electron chi connectivity index (χ0n) is 11.4. The molecule has 0 aliphatic carbocycles. The quantitative estimate of drug-likeness (QED) is 0.681. The number of carboxylic acid groups (broad SMARTS) is 1. The first-order chi connectivity index (χ1) is 9.93. The van der Waals surface area contributed by atoms with Crippen molar-refractivity contribution in [2.45, 2.75) is 19.0 Å². The summed E-state index contributed by atoms with van der Waals surface area (Å²) in [5.41, 5.74) is 0.323. The molecule has 2 amide bonds. The number of carbonyl (C=O) groups is 2. The van der Waals surface area contributed by atoms with Crippen LogP contribution in [0, 0.1) is 5.82 Å². The lowest BCUT2D eigenvalue weighted by Gasteiger charge is -2.14. The highest BCUT2D eigenvalue weighted by atomic mass is 79.9. The van der Waals surface area contributed by atoms with E-state index in [0.29, 0.717) is 22.2 Å². The van der Waals surface area contributed by atoms with Crippen molar-refractivity contribution >= 4 is 39.7 Å². The molecule has 5 nitrogen and oxygen atoms in total. The van der Waals surface area contributed by atoms with E-state index in [4.69, 9.17) is 5.11 Å². The molecule has 0 saturated heterocycles. The van der Waals surface area contributed by atoms with Crippen LogP contribution in [0.5, 0.6) is 0 Å². The molecular weight excluding hydrogens is 363 g/mol. The van der Waals surface area contributed by atoms with Crippen molar-refractivity contribution in [1.82, 2.24) is 10.6 Å². The molecule has 1 rings (SSSR count). The average Bonchev–Trinajstić information content (AvgIpc) is 2.42. The third kappa shape index (κ3) is 6.34. The van der Waals surface area contributed by atoms with E-state index < -0.39 is 23.9 Å². The number of benzene rings is 1. The van der Waals surface area contributed by atoms with Gasteiger partial charge in [0, 0.05) is 16.6 Å². The molecule has 0 heterocycles. The van der Waals surface area contributed by atoms with Gasteiger partial charge in [-0.15, -0.1) is 0 Å². The Labute approximate surface area is 134 Å². The van der Waals surface area contributed by atoms with Crippen molar-refractivity contribution in [1.29, 1.82) is 0 Å². The van der Waals surface area contributed by atoms with E-state index in [9.17, 15) is 14.0 Å². The highest BCUT2D eigenvalue weighted by Crippen LogP contribution is 2.14. The monoisotopic (exact) mass is 378 g/mol. The van der Waals surface area contributed by atoms with Gasteiger partial charge in [0.15, 0.2) is 0 Å². The van der Waals surface area contributed by atoms with Gasteiger partial charge in [-0.1, -0.05) is 22.0 Å². The second kappa shape index (κ2) is 8.89. The van der Waals surface area contributed by atoms with Crippen LogP contribution in [-0.2, 0) is 11.3 Å². The van der Waals surface area contributed by atoms with Crippen molar-refractivity contribution < 1.29 is 19.1 Å². The first-order valence-corrected chi connectivity index (χ1v) is 8.32. The van der Waals surface area contributed by atoms with E-state index in [-0.39, 0.29) is 6.54 Å². The Morgan fingerprint density at radius 1 is 1.48 bits per heavy atom. The van der Waals surface area contributed by atoms with Crippen LogP contribution in [0.15, 0.2) is 22.7 Å². The molecule has 0 fully saturated rings. The summed E-state index contributed by atoms with van der Waals surface area (Å²) in [6.07, 6.45) is 2.19. The van der Waals surface area contributed by atoms with Crippen LogP contribution in [0.4, 0.5) is 9.18 Å². The summed E-state index contributed by atoms with van der Waals surface area (Å²) in [5, 5.41) is 13.8. The van der Waals surface area contributed by atoms with Crippen LogP contribution in [-0.4, -0.2) is 35.2 Å². The molecule has 1 atom stereocenters. The minimum atomic E-state index is -1.09. The molecule has 0 aromatic heterocycles. The zero-order valence-corrected chi connectivity index (χ0v) is 13.8. The molecule has 1 unspecified atom stereocenters. The molecule has 1 aromatic carbocycles. The van der Waals surface area contributed by atoms with Crippen LogP contribution in [0.25, 0.3) is 0 Å². The molecular formula is C13H16BrFN2O3S. The lowest BCUT2D eigenvalue weighted by molar-refractivity contribution is -0.139. The number of halogens is 2. The summed E-state index contributed by atoms with van der Waals surface area (Å²) in [7, 11) is 0. The summed E-state index contributed by atoms with van der Waals surface area (Å²) >= 11 is 4.64. The first kappa shape index (κ1) is 17.8. The number of aliphatic carboxylic acids is 1. The zero-order chi connectivity index (χ0) is 15.8. The van der Waals surface area contributed by atoms with Crippen LogP contribution >= 0.6 is 27.7 Å². The van der Waals surface area contributed by atoms with Gasteiger partial charge in [-0.05, 0) is 30.6 Å². The SMILES string of the molecule is CSCCC(NC(=O)NCc1ccc(Br)cc1F)C(=O)O. The topological polar surface area (TPSA) is 78.4 Å². The number of rotatable bonds is 7. The third-order valence-corrected chi connectivity index (χ3v) is 3.81. The van der Waals surface area contributed by atoms with E-state index in [2.05, 4.69) is 26.6 Å².